The number of rotatable bonds is 7. The van der Waals surface area contributed by atoms with Gasteiger partial charge in [-0.1, -0.05) is 29.3 Å². The van der Waals surface area contributed by atoms with Crippen molar-refractivity contribution < 1.29 is 13.9 Å². The average Bonchev–Trinajstić information content (AvgIpc) is 3.43. The minimum Gasteiger partial charge on any atom is -0.482 e. The topological polar surface area (TPSA) is 99.2 Å². The molecule has 202 valence electrons. The Morgan fingerprint density at radius 1 is 1.18 bits per heavy atom. The van der Waals surface area contributed by atoms with Crippen LogP contribution in [0.25, 0.3) is 11.1 Å². The zero-order chi connectivity index (χ0) is 27.5. The Morgan fingerprint density at radius 2 is 1.97 bits per heavy atom. The molecule has 1 aromatic carbocycles. The molecule has 8 nitrogen and oxygen atoms in total. The van der Waals surface area contributed by atoms with E-state index in [0.29, 0.717) is 35.8 Å². The first-order valence-electron chi connectivity index (χ1n) is 12.6. The van der Waals surface area contributed by atoms with Crippen molar-refractivity contribution in [3.05, 3.63) is 88.3 Å². The Labute approximate surface area is 235 Å². The van der Waals surface area contributed by atoms with Crippen LogP contribution in [-0.4, -0.2) is 43.6 Å². The second-order valence-corrected chi connectivity index (χ2v) is 10.3. The lowest BCUT2D eigenvalue weighted by molar-refractivity contribution is -0.131. The number of likely N-dealkylation sites (tertiary alicyclic amines) is 1. The first kappa shape index (κ1) is 26.9. The van der Waals surface area contributed by atoms with Gasteiger partial charge in [-0.05, 0) is 49.6 Å². The lowest BCUT2D eigenvalue weighted by Gasteiger charge is -2.32. The number of carbonyl (C=O) groups excluding carboxylic acids is 1. The predicted molar refractivity (Wildman–Crippen MR) is 148 cm³/mol. The summed E-state index contributed by atoms with van der Waals surface area (Å²) in [5.74, 6) is 0.0372. The number of nitrogens with zero attached hydrogens (tertiary/aromatic N) is 5. The number of halogens is 3. The molecule has 11 heteroatoms. The molecule has 39 heavy (non-hydrogen) atoms. The number of benzene rings is 1. The molecule has 1 aliphatic heterocycles. The number of amides is 1. The minimum atomic E-state index is -0.672. The summed E-state index contributed by atoms with van der Waals surface area (Å²) < 4.78 is 22.0. The van der Waals surface area contributed by atoms with Crippen molar-refractivity contribution in [3.63, 3.8) is 0 Å². The van der Waals surface area contributed by atoms with Crippen LogP contribution in [0.1, 0.15) is 43.0 Å². The van der Waals surface area contributed by atoms with Crippen LogP contribution in [-0.2, 0) is 11.2 Å². The third-order valence-electron chi connectivity index (χ3n) is 6.88. The van der Waals surface area contributed by atoms with Gasteiger partial charge in [0.25, 0.3) is 0 Å². The van der Waals surface area contributed by atoms with E-state index in [-0.39, 0.29) is 22.8 Å². The Balaban J connectivity index is 1.25. The van der Waals surface area contributed by atoms with Gasteiger partial charge in [0, 0.05) is 59.6 Å². The highest BCUT2D eigenvalue weighted by molar-refractivity contribution is 6.36. The van der Waals surface area contributed by atoms with Gasteiger partial charge >= 0.3 is 0 Å². The summed E-state index contributed by atoms with van der Waals surface area (Å²) in [6.07, 6.45) is 10.1. The van der Waals surface area contributed by atoms with Crippen molar-refractivity contribution in [2.45, 2.75) is 38.3 Å². The number of carbonyl (C=O) groups is 1. The molecule has 0 aliphatic carbocycles. The van der Waals surface area contributed by atoms with Crippen LogP contribution in [0.2, 0.25) is 10.0 Å². The molecular formula is C28H27Cl2FN6O2. The number of aromatic nitrogens is 4. The van der Waals surface area contributed by atoms with Crippen LogP contribution < -0.4 is 10.5 Å². The zero-order valence-corrected chi connectivity index (χ0v) is 22.7. The normalized spacial score (nSPS) is 14.8. The van der Waals surface area contributed by atoms with Gasteiger partial charge in [0.2, 0.25) is 5.91 Å². The Kier molecular flexibility index (Phi) is 7.99. The standard InChI is InChI=1S/C28H27Cl2FN6O2/c1-17(26-22(29)4-5-23(31)27(26)30)39-24-12-19(14-34-28(24)32)20-15-35-37(16-20)21-6-9-36(10-7-21)25(38)11-18-3-2-8-33-13-18/h2-5,8,12-17,21H,6-7,9-11H2,1H3,(H2,32,34)/t17-/m1/s1. The van der Waals surface area contributed by atoms with Crippen LogP contribution in [0.15, 0.2) is 61.3 Å². The van der Waals surface area contributed by atoms with E-state index in [2.05, 4.69) is 15.1 Å². The number of hydrogen-bond acceptors (Lipinski definition) is 6. The number of nitrogen functional groups attached to an aromatic ring is 1. The number of ether oxygens (including phenoxy) is 1. The summed E-state index contributed by atoms with van der Waals surface area (Å²) in [4.78, 5) is 23.0. The van der Waals surface area contributed by atoms with E-state index in [1.807, 2.05) is 27.9 Å². The Hall–Kier alpha value is -3.69. The monoisotopic (exact) mass is 568 g/mol. The van der Waals surface area contributed by atoms with E-state index in [4.69, 9.17) is 33.7 Å². The Morgan fingerprint density at radius 3 is 2.72 bits per heavy atom. The number of pyridine rings is 2. The molecule has 1 saturated heterocycles. The number of piperidine rings is 1. The highest BCUT2D eigenvalue weighted by Gasteiger charge is 2.25. The fraction of sp³-hybridized carbons (Fsp3) is 0.286. The van der Waals surface area contributed by atoms with Gasteiger partial charge in [-0.25, -0.2) is 9.37 Å². The lowest BCUT2D eigenvalue weighted by atomic mass is 10.0. The first-order chi connectivity index (χ1) is 18.8. The van der Waals surface area contributed by atoms with Gasteiger partial charge in [-0.2, -0.15) is 5.10 Å². The molecule has 4 aromatic rings. The smallest absolute Gasteiger partial charge is 0.227 e. The van der Waals surface area contributed by atoms with Gasteiger partial charge < -0.3 is 15.4 Å². The molecule has 0 radical (unpaired) electrons. The maximum Gasteiger partial charge on any atom is 0.227 e. The number of nitrogens with two attached hydrogens (primary N) is 1. The summed E-state index contributed by atoms with van der Waals surface area (Å²) in [5, 5.41) is 4.78. The van der Waals surface area contributed by atoms with E-state index < -0.39 is 11.9 Å². The average molecular weight is 569 g/mol. The van der Waals surface area contributed by atoms with Crippen LogP contribution in [0.4, 0.5) is 10.2 Å². The lowest BCUT2D eigenvalue weighted by Crippen LogP contribution is -2.40. The second kappa shape index (κ2) is 11.6. The van der Waals surface area contributed by atoms with Gasteiger partial charge in [0.1, 0.15) is 11.9 Å². The van der Waals surface area contributed by atoms with Crippen molar-refractivity contribution in [1.82, 2.24) is 24.6 Å². The molecule has 1 fully saturated rings. The molecule has 1 atom stereocenters. The van der Waals surface area contributed by atoms with Crippen LogP contribution in [0.3, 0.4) is 0 Å². The molecule has 0 bridgehead atoms. The van der Waals surface area contributed by atoms with Crippen LogP contribution >= 0.6 is 23.2 Å². The maximum atomic E-state index is 14.0. The summed E-state index contributed by atoms with van der Waals surface area (Å²) in [7, 11) is 0. The van der Waals surface area contributed by atoms with Crippen LogP contribution in [0, 0.1) is 5.82 Å². The largest absolute Gasteiger partial charge is 0.482 e. The molecular weight excluding hydrogens is 542 g/mol. The van der Waals surface area contributed by atoms with Crippen molar-refractivity contribution in [2.75, 3.05) is 18.8 Å². The van der Waals surface area contributed by atoms with Crippen molar-refractivity contribution in [3.8, 4) is 16.9 Å². The molecule has 0 saturated carbocycles. The third-order valence-corrected chi connectivity index (χ3v) is 7.59. The molecule has 1 amide bonds. The van der Waals surface area contributed by atoms with E-state index >= 15 is 0 Å². The fourth-order valence-corrected chi connectivity index (χ4v) is 5.41. The summed E-state index contributed by atoms with van der Waals surface area (Å²) in [5.41, 5.74) is 8.93. The third kappa shape index (κ3) is 5.99. The fourth-order valence-electron chi connectivity index (χ4n) is 4.73. The van der Waals surface area contributed by atoms with Gasteiger partial charge in [0.05, 0.1) is 23.7 Å². The quantitative estimate of drug-likeness (QED) is 0.278. The van der Waals surface area contributed by atoms with E-state index in [1.54, 1.807) is 37.8 Å². The molecule has 4 heterocycles. The highest BCUT2D eigenvalue weighted by Crippen LogP contribution is 2.37. The maximum absolute atomic E-state index is 14.0. The molecule has 0 spiro atoms. The van der Waals surface area contributed by atoms with Crippen molar-refractivity contribution in [2.24, 2.45) is 0 Å². The number of hydrogen-bond donors (Lipinski definition) is 1. The predicted octanol–water partition coefficient (Wildman–Crippen LogP) is 5.91. The first-order valence-corrected chi connectivity index (χ1v) is 13.3. The number of anilines is 1. The van der Waals surface area contributed by atoms with Gasteiger partial charge in [-0.3, -0.25) is 14.5 Å². The van der Waals surface area contributed by atoms with Crippen molar-refractivity contribution >= 4 is 34.9 Å². The Bertz CT molecular complexity index is 1470. The van der Waals surface area contributed by atoms with E-state index in [1.165, 1.54) is 12.1 Å². The summed E-state index contributed by atoms with van der Waals surface area (Å²) >= 11 is 12.4. The summed E-state index contributed by atoms with van der Waals surface area (Å²) in [6, 6.07) is 8.34. The SMILES string of the molecule is C[C@@H](Oc1cc(-c2cnn(C3CCN(C(=O)Cc4cccnc4)CC3)c2)cnc1N)c1c(Cl)ccc(F)c1Cl. The van der Waals surface area contributed by atoms with Gasteiger partial charge in [0.15, 0.2) is 11.6 Å². The molecule has 3 aromatic heterocycles. The van der Waals surface area contributed by atoms with E-state index in [0.717, 1.165) is 29.5 Å². The van der Waals surface area contributed by atoms with Gasteiger partial charge in [-0.15, -0.1) is 0 Å². The van der Waals surface area contributed by atoms with Crippen LogP contribution in [0.5, 0.6) is 5.75 Å². The highest BCUT2D eigenvalue weighted by atomic mass is 35.5. The molecule has 2 N–H and O–H groups in total. The van der Waals surface area contributed by atoms with Crippen molar-refractivity contribution in [1.29, 1.82) is 0 Å². The molecule has 1 aliphatic rings. The summed E-state index contributed by atoms with van der Waals surface area (Å²) in [6.45, 7) is 3.05. The molecule has 5 rings (SSSR count). The zero-order valence-electron chi connectivity index (χ0n) is 21.2. The second-order valence-electron chi connectivity index (χ2n) is 9.48. The minimum absolute atomic E-state index is 0.0937. The molecule has 0 unspecified atom stereocenters. The van der Waals surface area contributed by atoms with E-state index in [9.17, 15) is 9.18 Å².